The zero-order valence-electron chi connectivity index (χ0n) is 10.7. The maximum absolute atomic E-state index is 11.7. The number of pyridine rings is 1. The molecule has 0 spiro atoms. The van der Waals surface area contributed by atoms with Crippen LogP contribution in [0.15, 0.2) is 16.7 Å². The summed E-state index contributed by atoms with van der Waals surface area (Å²) in [5.74, 6) is -1.16. The van der Waals surface area contributed by atoms with Crippen molar-refractivity contribution in [2.75, 3.05) is 6.61 Å². The molecule has 0 fully saturated rings. The number of ether oxygens (including phenoxy) is 2. The Morgan fingerprint density at radius 2 is 2.16 bits per heavy atom. The number of nitro groups is 1. The number of hydrogen-bond acceptors (Lipinski definition) is 6. The Kier molecular flexibility index (Phi) is 4.82. The van der Waals surface area contributed by atoms with Crippen molar-refractivity contribution in [3.05, 3.63) is 26.9 Å². The van der Waals surface area contributed by atoms with Gasteiger partial charge in [0.15, 0.2) is 0 Å². The average molecular weight is 333 g/mol. The Balaban J connectivity index is 3.05. The van der Waals surface area contributed by atoms with Gasteiger partial charge in [0, 0.05) is 22.0 Å². The van der Waals surface area contributed by atoms with Gasteiger partial charge in [0.2, 0.25) is 16.0 Å². The molecule has 1 aromatic heterocycles. The van der Waals surface area contributed by atoms with E-state index in [-0.39, 0.29) is 12.4 Å². The molecule has 0 saturated carbocycles. The summed E-state index contributed by atoms with van der Waals surface area (Å²) in [6.45, 7) is 4.80. The van der Waals surface area contributed by atoms with Crippen molar-refractivity contribution in [1.29, 1.82) is 0 Å². The first kappa shape index (κ1) is 15.4. The highest BCUT2D eigenvalue weighted by Crippen LogP contribution is 2.30. The van der Waals surface area contributed by atoms with Crippen LogP contribution < -0.4 is 4.74 Å². The third-order valence-corrected chi connectivity index (χ3v) is 2.55. The van der Waals surface area contributed by atoms with Crippen molar-refractivity contribution in [3.63, 3.8) is 0 Å². The lowest BCUT2D eigenvalue weighted by atomic mass is 10.1. The molecule has 0 N–H and O–H groups in total. The van der Waals surface area contributed by atoms with Crippen LogP contribution in [0, 0.1) is 10.1 Å². The topological polar surface area (TPSA) is 91.6 Å². The van der Waals surface area contributed by atoms with Crippen molar-refractivity contribution in [2.45, 2.75) is 26.4 Å². The molecule has 0 amide bonds. The van der Waals surface area contributed by atoms with Crippen LogP contribution in [0.3, 0.4) is 0 Å². The number of nitrogens with zero attached hydrogens (tertiary/aromatic N) is 2. The summed E-state index contributed by atoms with van der Waals surface area (Å²) in [7, 11) is 0. The first-order chi connectivity index (χ1) is 8.77. The fraction of sp³-hybridized carbons (Fsp3) is 0.455. The van der Waals surface area contributed by atoms with E-state index in [1.807, 2.05) is 0 Å². The molecule has 1 heterocycles. The van der Waals surface area contributed by atoms with Gasteiger partial charge in [-0.1, -0.05) is 0 Å². The number of rotatable bonds is 5. The average Bonchev–Trinajstić information content (AvgIpc) is 2.31. The second-order valence-corrected chi connectivity index (χ2v) is 4.86. The Labute approximate surface area is 118 Å². The Morgan fingerprint density at radius 1 is 1.53 bits per heavy atom. The van der Waals surface area contributed by atoms with Crippen LogP contribution in [0.2, 0.25) is 0 Å². The molecule has 1 rings (SSSR count). The monoisotopic (exact) mass is 332 g/mol. The molecule has 104 valence electrons. The number of carbonyl (C=O) groups excluding carboxylic acids is 1. The van der Waals surface area contributed by atoms with E-state index < -0.39 is 22.3 Å². The molecular formula is C11H13BrN2O5. The second kappa shape index (κ2) is 5.96. The summed E-state index contributed by atoms with van der Waals surface area (Å²) in [6.07, 6.45) is 0. The first-order valence-electron chi connectivity index (χ1n) is 5.45. The minimum absolute atomic E-state index is 0.0914. The van der Waals surface area contributed by atoms with E-state index in [1.165, 1.54) is 26.0 Å². The van der Waals surface area contributed by atoms with Crippen molar-refractivity contribution in [2.24, 2.45) is 0 Å². The molecule has 0 aliphatic heterocycles. The van der Waals surface area contributed by atoms with E-state index in [9.17, 15) is 14.9 Å². The molecule has 0 aromatic carbocycles. The Bertz CT molecular complexity index is 504. The van der Waals surface area contributed by atoms with Gasteiger partial charge >= 0.3 is 11.8 Å². The Hall–Kier alpha value is -1.70. The summed E-state index contributed by atoms with van der Waals surface area (Å²) < 4.78 is 10.5. The zero-order chi connectivity index (χ0) is 14.6. The van der Waals surface area contributed by atoms with E-state index >= 15 is 0 Å². The lowest BCUT2D eigenvalue weighted by Gasteiger charge is -2.23. The highest BCUT2D eigenvalue weighted by atomic mass is 79.9. The van der Waals surface area contributed by atoms with Crippen LogP contribution in [0.4, 0.5) is 5.82 Å². The molecule has 19 heavy (non-hydrogen) atoms. The van der Waals surface area contributed by atoms with Crippen LogP contribution in [0.25, 0.3) is 0 Å². The van der Waals surface area contributed by atoms with Crippen LogP contribution in [0.1, 0.15) is 20.8 Å². The standard InChI is InChI=1S/C11H13BrN2O5/c1-4-18-10(15)11(2,3)19-7-5-6-8(12)13-9(7)14(16)17/h5-6H,4H2,1-3H3. The highest BCUT2D eigenvalue weighted by Gasteiger charge is 2.34. The Morgan fingerprint density at radius 3 is 2.68 bits per heavy atom. The molecule has 0 unspecified atom stereocenters. The number of aromatic nitrogens is 1. The molecular weight excluding hydrogens is 320 g/mol. The van der Waals surface area contributed by atoms with Crippen LogP contribution in [-0.2, 0) is 9.53 Å². The SMILES string of the molecule is CCOC(=O)C(C)(C)Oc1ccc(Br)nc1[N+](=O)[O-]. The smallest absolute Gasteiger partial charge is 0.407 e. The zero-order valence-corrected chi connectivity index (χ0v) is 12.3. The third-order valence-electron chi connectivity index (χ3n) is 2.11. The molecule has 0 aliphatic rings. The summed E-state index contributed by atoms with van der Waals surface area (Å²) in [6, 6.07) is 2.86. The van der Waals surface area contributed by atoms with Crippen molar-refractivity contribution in [1.82, 2.24) is 4.98 Å². The molecule has 0 saturated heterocycles. The van der Waals surface area contributed by atoms with Crippen molar-refractivity contribution >= 4 is 27.7 Å². The third kappa shape index (κ3) is 3.88. The van der Waals surface area contributed by atoms with E-state index in [4.69, 9.17) is 9.47 Å². The van der Waals surface area contributed by atoms with Gasteiger partial charge in [-0.3, -0.25) is 0 Å². The number of esters is 1. The number of hydrogen-bond donors (Lipinski definition) is 0. The highest BCUT2D eigenvalue weighted by molar-refractivity contribution is 9.10. The lowest BCUT2D eigenvalue weighted by Crippen LogP contribution is -2.39. The molecule has 0 atom stereocenters. The van der Waals surface area contributed by atoms with Gasteiger partial charge in [0.1, 0.15) is 0 Å². The molecule has 7 nitrogen and oxygen atoms in total. The van der Waals surface area contributed by atoms with Gasteiger partial charge in [-0.15, -0.1) is 0 Å². The maximum atomic E-state index is 11.7. The molecule has 8 heteroatoms. The van der Waals surface area contributed by atoms with E-state index in [0.29, 0.717) is 4.60 Å². The lowest BCUT2D eigenvalue weighted by molar-refractivity contribution is -0.391. The van der Waals surface area contributed by atoms with Gasteiger partial charge in [-0.2, -0.15) is 0 Å². The second-order valence-electron chi connectivity index (χ2n) is 4.05. The number of halogens is 1. The largest absolute Gasteiger partial charge is 0.468 e. The van der Waals surface area contributed by atoms with Crippen LogP contribution >= 0.6 is 15.9 Å². The normalized spacial score (nSPS) is 10.9. The summed E-state index contributed by atoms with van der Waals surface area (Å²) in [4.78, 5) is 25.6. The number of carbonyl (C=O) groups is 1. The van der Waals surface area contributed by atoms with E-state index in [2.05, 4.69) is 20.9 Å². The van der Waals surface area contributed by atoms with Gasteiger partial charge in [-0.05, 0) is 36.7 Å². The quantitative estimate of drug-likeness (QED) is 0.356. The van der Waals surface area contributed by atoms with Gasteiger partial charge in [-0.25, -0.2) is 4.79 Å². The van der Waals surface area contributed by atoms with Gasteiger partial charge in [0.05, 0.1) is 6.61 Å². The molecule has 0 bridgehead atoms. The van der Waals surface area contributed by atoms with E-state index in [0.717, 1.165) is 0 Å². The minimum Gasteiger partial charge on any atom is -0.468 e. The fourth-order valence-electron chi connectivity index (χ4n) is 1.24. The van der Waals surface area contributed by atoms with Crippen molar-refractivity contribution < 1.29 is 19.2 Å². The molecule has 0 radical (unpaired) electrons. The summed E-state index contributed by atoms with van der Waals surface area (Å²) in [5, 5.41) is 10.9. The van der Waals surface area contributed by atoms with E-state index in [1.54, 1.807) is 6.92 Å². The van der Waals surface area contributed by atoms with Crippen LogP contribution in [-0.4, -0.2) is 28.1 Å². The molecule has 1 aromatic rings. The predicted octanol–water partition coefficient (Wildman–Crippen LogP) is 2.47. The summed E-state index contributed by atoms with van der Waals surface area (Å²) >= 11 is 3.04. The van der Waals surface area contributed by atoms with Crippen molar-refractivity contribution in [3.8, 4) is 5.75 Å². The van der Waals surface area contributed by atoms with Gasteiger partial charge in [0.25, 0.3) is 0 Å². The fourth-order valence-corrected chi connectivity index (χ4v) is 1.54. The molecule has 0 aliphatic carbocycles. The van der Waals surface area contributed by atoms with Gasteiger partial charge < -0.3 is 19.6 Å². The first-order valence-corrected chi connectivity index (χ1v) is 6.24. The minimum atomic E-state index is -1.34. The maximum Gasteiger partial charge on any atom is 0.407 e. The summed E-state index contributed by atoms with van der Waals surface area (Å²) in [5.41, 5.74) is -1.34. The van der Waals surface area contributed by atoms with Crippen LogP contribution in [0.5, 0.6) is 5.75 Å². The predicted molar refractivity (Wildman–Crippen MR) is 69.9 cm³/mol.